The summed E-state index contributed by atoms with van der Waals surface area (Å²) in [6, 6.07) is 13.9. The lowest BCUT2D eigenvalue weighted by Crippen LogP contribution is -2.45. The number of benzene rings is 1. The zero-order valence-corrected chi connectivity index (χ0v) is 17.7. The van der Waals surface area contributed by atoms with Gasteiger partial charge in [0.2, 0.25) is 5.91 Å². The van der Waals surface area contributed by atoms with Crippen LogP contribution < -0.4 is 10.6 Å². The largest absolute Gasteiger partial charge is 0.356 e. The fourth-order valence-corrected chi connectivity index (χ4v) is 3.45. The van der Waals surface area contributed by atoms with E-state index in [1.54, 1.807) is 18.1 Å². The Labute approximate surface area is 177 Å². The average Bonchev–Trinajstić information content (AvgIpc) is 3.54. The summed E-state index contributed by atoms with van der Waals surface area (Å²) in [6.07, 6.45) is 4.74. The fraction of sp³-hybridized carbons (Fsp3) is 0.409. The number of nitrogens with one attached hydrogen (secondary N) is 2. The van der Waals surface area contributed by atoms with Crippen molar-refractivity contribution in [2.24, 2.45) is 4.99 Å². The van der Waals surface area contributed by atoms with Crippen molar-refractivity contribution in [2.75, 3.05) is 33.7 Å². The van der Waals surface area contributed by atoms with E-state index in [1.165, 1.54) is 5.56 Å². The van der Waals surface area contributed by atoms with Crippen LogP contribution in [0.25, 0.3) is 0 Å². The van der Waals surface area contributed by atoms with E-state index >= 15 is 0 Å². The number of aliphatic imine (C=N–C) groups is 1. The lowest BCUT2D eigenvalue weighted by atomic mass is 9.96. The molecule has 1 saturated carbocycles. The smallest absolute Gasteiger partial charge is 0.241 e. The molecule has 1 aromatic heterocycles. The molecule has 7 heteroatoms. The molecule has 1 amide bonds. The normalized spacial score (nSPS) is 14.9. The van der Waals surface area contributed by atoms with Gasteiger partial charge in [0, 0.05) is 55.9 Å². The molecule has 0 bridgehead atoms. The van der Waals surface area contributed by atoms with Gasteiger partial charge < -0.3 is 15.5 Å². The van der Waals surface area contributed by atoms with Crippen LogP contribution in [-0.4, -0.2) is 55.5 Å². The Balaban J connectivity index is 1.43. The van der Waals surface area contributed by atoms with E-state index < -0.39 is 0 Å². The van der Waals surface area contributed by atoms with Crippen molar-refractivity contribution in [2.45, 2.75) is 24.7 Å². The van der Waals surface area contributed by atoms with Crippen LogP contribution in [0.1, 0.15) is 24.1 Å². The van der Waals surface area contributed by atoms with Gasteiger partial charge in [-0.3, -0.25) is 14.8 Å². The van der Waals surface area contributed by atoms with Crippen molar-refractivity contribution in [3.05, 3.63) is 64.9 Å². The maximum Gasteiger partial charge on any atom is 0.241 e. The van der Waals surface area contributed by atoms with E-state index in [0.29, 0.717) is 12.5 Å². The van der Waals surface area contributed by atoms with E-state index in [1.807, 2.05) is 43.4 Å². The number of amides is 1. The summed E-state index contributed by atoms with van der Waals surface area (Å²) in [5, 5.41) is 7.23. The number of pyridine rings is 1. The number of hydrogen-bond acceptors (Lipinski definition) is 3. The Morgan fingerprint density at radius 2 is 2.07 bits per heavy atom. The summed E-state index contributed by atoms with van der Waals surface area (Å²) < 4.78 is 0. The van der Waals surface area contributed by atoms with E-state index in [4.69, 9.17) is 11.6 Å². The molecule has 1 heterocycles. The van der Waals surface area contributed by atoms with Crippen molar-refractivity contribution >= 4 is 23.5 Å². The van der Waals surface area contributed by atoms with Gasteiger partial charge >= 0.3 is 0 Å². The van der Waals surface area contributed by atoms with Crippen LogP contribution in [0.5, 0.6) is 0 Å². The van der Waals surface area contributed by atoms with Crippen LogP contribution in [0.4, 0.5) is 0 Å². The predicted octanol–water partition coefficient (Wildman–Crippen LogP) is 2.63. The van der Waals surface area contributed by atoms with E-state index in [0.717, 1.165) is 36.5 Å². The standard InChI is InChI=1S/C22H28ClN5O/c1-24-21(27-16-22(10-11-22)17-6-5-7-18(23)14-17)26-15-20(29)28(2)13-9-19-8-3-4-12-25-19/h3-8,12,14H,9-11,13,15-16H2,1-2H3,(H2,24,26,27). The molecule has 2 aromatic rings. The topological polar surface area (TPSA) is 69.6 Å². The average molecular weight is 414 g/mol. The first-order chi connectivity index (χ1) is 14.0. The first-order valence-electron chi connectivity index (χ1n) is 9.87. The second-order valence-corrected chi connectivity index (χ2v) is 7.89. The number of nitrogens with zero attached hydrogens (tertiary/aromatic N) is 3. The maximum atomic E-state index is 12.4. The van der Waals surface area contributed by atoms with E-state index in [2.05, 4.69) is 26.7 Å². The molecular weight excluding hydrogens is 386 g/mol. The molecule has 0 unspecified atom stereocenters. The first-order valence-corrected chi connectivity index (χ1v) is 10.2. The van der Waals surface area contributed by atoms with E-state index in [-0.39, 0.29) is 17.9 Å². The molecule has 1 aromatic carbocycles. The molecule has 1 fully saturated rings. The van der Waals surface area contributed by atoms with Gasteiger partial charge in [-0.05, 0) is 42.7 Å². The van der Waals surface area contributed by atoms with Gasteiger partial charge in [-0.15, -0.1) is 0 Å². The predicted molar refractivity (Wildman–Crippen MR) is 117 cm³/mol. The van der Waals surface area contributed by atoms with Crippen LogP contribution in [0.3, 0.4) is 0 Å². The highest BCUT2D eigenvalue weighted by molar-refractivity contribution is 6.30. The zero-order valence-electron chi connectivity index (χ0n) is 17.0. The monoisotopic (exact) mass is 413 g/mol. The SMILES string of the molecule is CN=C(NCC(=O)N(C)CCc1ccccn1)NCC1(c2cccc(Cl)c2)CC1. The number of halogens is 1. The highest BCUT2D eigenvalue weighted by Gasteiger charge is 2.44. The molecule has 29 heavy (non-hydrogen) atoms. The van der Waals surface area contributed by atoms with Gasteiger partial charge in [0.25, 0.3) is 0 Å². The van der Waals surface area contributed by atoms with Gasteiger partial charge in [0.15, 0.2) is 5.96 Å². The highest BCUT2D eigenvalue weighted by atomic mass is 35.5. The number of rotatable bonds is 8. The highest BCUT2D eigenvalue weighted by Crippen LogP contribution is 2.48. The van der Waals surface area contributed by atoms with Gasteiger partial charge in [-0.1, -0.05) is 29.8 Å². The van der Waals surface area contributed by atoms with Crippen molar-refractivity contribution < 1.29 is 4.79 Å². The van der Waals surface area contributed by atoms with Gasteiger partial charge in [0.1, 0.15) is 0 Å². The number of hydrogen-bond donors (Lipinski definition) is 2. The second kappa shape index (κ2) is 9.74. The minimum Gasteiger partial charge on any atom is -0.356 e. The molecule has 0 spiro atoms. The van der Waals surface area contributed by atoms with Crippen LogP contribution in [0, 0.1) is 0 Å². The number of carbonyl (C=O) groups excluding carboxylic acids is 1. The summed E-state index contributed by atoms with van der Waals surface area (Å²) in [5.41, 5.74) is 2.33. The third-order valence-electron chi connectivity index (χ3n) is 5.37. The quantitative estimate of drug-likeness (QED) is 0.515. The minimum atomic E-state index is 0.0138. The van der Waals surface area contributed by atoms with Crippen molar-refractivity contribution in [3.8, 4) is 0 Å². The number of carbonyl (C=O) groups is 1. The lowest BCUT2D eigenvalue weighted by Gasteiger charge is -2.21. The Bertz CT molecular complexity index is 851. The molecule has 2 N–H and O–H groups in total. The number of aromatic nitrogens is 1. The summed E-state index contributed by atoms with van der Waals surface area (Å²) in [6.45, 7) is 1.58. The lowest BCUT2D eigenvalue weighted by molar-refractivity contribution is -0.128. The third-order valence-corrected chi connectivity index (χ3v) is 5.61. The third kappa shape index (κ3) is 5.94. The van der Waals surface area contributed by atoms with Gasteiger partial charge in [-0.2, -0.15) is 0 Å². The fourth-order valence-electron chi connectivity index (χ4n) is 3.26. The Morgan fingerprint density at radius 1 is 1.24 bits per heavy atom. The van der Waals surface area contributed by atoms with E-state index in [9.17, 15) is 4.79 Å². The van der Waals surface area contributed by atoms with Crippen LogP contribution >= 0.6 is 11.6 Å². The molecule has 0 radical (unpaired) electrons. The molecule has 0 atom stereocenters. The molecule has 0 aliphatic heterocycles. The summed E-state index contributed by atoms with van der Waals surface area (Å²) in [5.74, 6) is 0.643. The van der Waals surface area contributed by atoms with Gasteiger partial charge in [-0.25, -0.2) is 0 Å². The molecule has 1 aliphatic carbocycles. The Morgan fingerprint density at radius 3 is 2.72 bits per heavy atom. The van der Waals surface area contributed by atoms with Crippen LogP contribution in [-0.2, 0) is 16.6 Å². The van der Waals surface area contributed by atoms with Crippen molar-refractivity contribution in [1.82, 2.24) is 20.5 Å². The summed E-state index contributed by atoms with van der Waals surface area (Å²) >= 11 is 6.15. The Hall–Kier alpha value is -2.60. The first kappa shape index (κ1) is 21.1. The molecule has 1 aliphatic rings. The molecular formula is C22H28ClN5O. The maximum absolute atomic E-state index is 12.4. The molecule has 6 nitrogen and oxygen atoms in total. The zero-order chi connectivity index (χ0) is 20.7. The van der Waals surface area contributed by atoms with Crippen LogP contribution in [0.2, 0.25) is 5.02 Å². The molecule has 154 valence electrons. The van der Waals surface area contributed by atoms with Crippen LogP contribution in [0.15, 0.2) is 53.7 Å². The molecule has 0 saturated heterocycles. The minimum absolute atomic E-state index is 0.0138. The Kier molecular flexibility index (Phi) is 7.09. The summed E-state index contributed by atoms with van der Waals surface area (Å²) in [4.78, 5) is 22.6. The number of likely N-dealkylation sites (N-methyl/N-ethyl adjacent to an activating group) is 1. The number of guanidine groups is 1. The second-order valence-electron chi connectivity index (χ2n) is 7.46. The molecule has 3 rings (SSSR count). The van der Waals surface area contributed by atoms with Crippen molar-refractivity contribution in [1.29, 1.82) is 0 Å². The van der Waals surface area contributed by atoms with Gasteiger partial charge in [0.05, 0.1) is 6.54 Å². The van der Waals surface area contributed by atoms with Crippen molar-refractivity contribution in [3.63, 3.8) is 0 Å². The summed E-state index contributed by atoms with van der Waals surface area (Å²) in [7, 11) is 3.52.